The summed E-state index contributed by atoms with van der Waals surface area (Å²) in [6, 6.07) is 0. The molecule has 7 radical (unpaired) electrons. The molecule has 0 nitrogen and oxygen atoms in total. The summed E-state index contributed by atoms with van der Waals surface area (Å²) >= 11 is 0. The average molecular weight is 291 g/mol. The van der Waals surface area contributed by atoms with Crippen molar-refractivity contribution in [2.75, 3.05) is 0 Å². The molecule has 0 saturated heterocycles. The van der Waals surface area contributed by atoms with Gasteiger partial charge in [0.1, 0.15) is 0 Å². The Morgan fingerprint density at radius 2 is 1.00 bits per heavy atom. The van der Waals surface area contributed by atoms with Gasteiger partial charge in [-0.3, -0.25) is 0 Å². The summed E-state index contributed by atoms with van der Waals surface area (Å²) in [5, 5.41) is 0. The monoisotopic (exact) mass is 291 g/mol. The molecule has 0 amide bonds. The quantitative estimate of drug-likeness (QED) is 0.533. The van der Waals surface area contributed by atoms with Crippen molar-refractivity contribution in [3.63, 3.8) is 0 Å². The van der Waals surface area contributed by atoms with Crippen molar-refractivity contribution >= 4 is 11.0 Å². The summed E-state index contributed by atoms with van der Waals surface area (Å²) in [4.78, 5) is 0. The minimum Gasteiger partial charge on any atom is 0 e. The fourth-order valence-corrected chi connectivity index (χ4v) is 0. The van der Waals surface area contributed by atoms with E-state index >= 15 is 0 Å². The van der Waals surface area contributed by atoms with Crippen LogP contribution >= 0.6 is 0 Å². The van der Waals surface area contributed by atoms with Crippen LogP contribution in [0.5, 0.6) is 0 Å². The second-order valence-corrected chi connectivity index (χ2v) is 0. The summed E-state index contributed by atoms with van der Waals surface area (Å²) in [6.45, 7) is 0. The van der Waals surface area contributed by atoms with Gasteiger partial charge in [-0.25, -0.2) is 0 Å². The van der Waals surface area contributed by atoms with Gasteiger partial charge in [-0.2, -0.15) is 0 Å². The van der Waals surface area contributed by atoms with Crippen LogP contribution in [0.4, 0.5) is 0 Å². The zero-order chi connectivity index (χ0) is 0. The molecule has 0 aromatic heterocycles. The molecule has 0 aromatic carbocycles. The van der Waals surface area contributed by atoms with Crippen LogP contribution in [0.3, 0.4) is 0 Å². The Bertz CT molecular complexity index is 11.6. The molecule has 33 valence electrons. The van der Waals surface area contributed by atoms with Crippen molar-refractivity contribution < 1.29 is 73.9 Å². The van der Waals surface area contributed by atoms with Crippen LogP contribution in [-0.2, 0) is 73.9 Å². The van der Waals surface area contributed by atoms with Crippen LogP contribution in [0.25, 0.3) is 0 Å². The molecule has 0 atom stereocenters. The molecule has 0 fully saturated rings. The SMILES string of the molecule is [Cr].[Cu].[Mn].[Nb].[Si]. The largest absolute Gasteiger partial charge is 0 e. The Morgan fingerprint density at radius 1 is 1.00 bits per heavy atom. The van der Waals surface area contributed by atoms with Crippen LogP contribution in [0, 0.1) is 0 Å². The maximum absolute atomic E-state index is 0. The molecular formula is CrCuMnNbSi. The Morgan fingerprint density at radius 3 is 1.00 bits per heavy atom. The standard InChI is InChI=1S/Cr.Cu.Mn.Nb.Si. The molecule has 5 heteroatoms. The fourth-order valence-electron chi connectivity index (χ4n) is 0. The van der Waals surface area contributed by atoms with E-state index in [4.69, 9.17) is 0 Å². The van der Waals surface area contributed by atoms with Crippen LogP contribution in [0.2, 0.25) is 0 Å². The summed E-state index contributed by atoms with van der Waals surface area (Å²) in [7, 11) is 0. The number of hydrogen-bond donors (Lipinski definition) is 0. The zero-order valence-corrected chi connectivity index (χ0v) is 8.63. The first-order valence-corrected chi connectivity index (χ1v) is 0. The van der Waals surface area contributed by atoms with Crippen LogP contribution < -0.4 is 0 Å². The van der Waals surface area contributed by atoms with Crippen molar-refractivity contribution in [3.05, 3.63) is 0 Å². The Balaban J connectivity index is 0. The number of rotatable bonds is 0. The van der Waals surface area contributed by atoms with Gasteiger partial charge in [0.25, 0.3) is 0 Å². The number of hydrogen-bond acceptors (Lipinski definition) is 0. The topological polar surface area (TPSA) is 0 Å². The molecule has 0 spiro atoms. The Hall–Kier alpha value is 2.53. The van der Waals surface area contributed by atoms with E-state index in [0.29, 0.717) is 0 Å². The van der Waals surface area contributed by atoms with Gasteiger partial charge in [0.05, 0.1) is 0 Å². The second kappa shape index (κ2) is 31.2. The summed E-state index contributed by atoms with van der Waals surface area (Å²) in [5.74, 6) is 0. The third-order valence-electron chi connectivity index (χ3n) is 0. The minimum absolute atomic E-state index is 0. The molecule has 5 heavy (non-hydrogen) atoms. The van der Waals surface area contributed by atoms with Gasteiger partial charge in [0, 0.05) is 84.8 Å². The predicted octanol–water partition coefficient (Wildman–Crippen LogP) is -0.391. The Kier molecular flexibility index (Phi) is 313. The van der Waals surface area contributed by atoms with E-state index in [-0.39, 0.29) is 84.8 Å². The summed E-state index contributed by atoms with van der Waals surface area (Å²) in [6.07, 6.45) is 0. The van der Waals surface area contributed by atoms with Gasteiger partial charge >= 0.3 is 0 Å². The van der Waals surface area contributed by atoms with Crippen molar-refractivity contribution in [2.45, 2.75) is 0 Å². The van der Waals surface area contributed by atoms with E-state index in [0.717, 1.165) is 0 Å². The van der Waals surface area contributed by atoms with Gasteiger partial charge in [-0.1, -0.05) is 0 Å². The second-order valence-electron chi connectivity index (χ2n) is 0. The Labute approximate surface area is 83.8 Å². The summed E-state index contributed by atoms with van der Waals surface area (Å²) in [5.41, 5.74) is 0. The maximum atomic E-state index is 0. The summed E-state index contributed by atoms with van der Waals surface area (Å²) < 4.78 is 0. The maximum Gasteiger partial charge on any atom is 0 e. The molecular weight excluding hydrogens is 291 g/mol. The van der Waals surface area contributed by atoms with Gasteiger partial charge in [0.2, 0.25) is 0 Å². The van der Waals surface area contributed by atoms with Crippen molar-refractivity contribution in [1.82, 2.24) is 0 Å². The van der Waals surface area contributed by atoms with E-state index in [9.17, 15) is 0 Å². The molecule has 0 aromatic rings. The molecule has 0 bridgehead atoms. The first-order chi connectivity index (χ1) is 0. The van der Waals surface area contributed by atoms with E-state index in [1.165, 1.54) is 0 Å². The van der Waals surface area contributed by atoms with Gasteiger partial charge in [-0.15, -0.1) is 0 Å². The zero-order valence-electron chi connectivity index (χ0n) is 2.03. The van der Waals surface area contributed by atoms with Crippen molar-refractivity contribution in [2.24, 2.45) is 0 Å². The minimum atomic E-state index is 0. The van der Waals surface area contributed by atoms with Crippen LogP contribution in [0.15, 0.2) is 0 Å². The van der Waals surface area contributed by atoms with Crippen molar-refractivity contribution in [1.29, 1.82) is 0 Å². The first kappa shape index (κ1) is 50.2. The molecule has 0 unspecified atom stereocenters. The van der Waals surface area contributed by atoms with E-state index in [1.807, 2.05) is 0 Å². The molecule has 0 rings (SSSR count). The molecule has 0 N–H and O–H groups in total. The third kappa shape index (κ3) is 20.9. The molecule has 0 saturated carbocycles. The van der Waals surface area contributed by atoms with E-state index in [1.54, 1.807) is 0 Å². The first-order valence-electron chi connectivity index (χ1n) is 0. The predicted molar refractivity (Wildman–Crippen MR) is 5.75 cm³/mol. The smallest absolute Gasteiger partial charge is 0 e. The van der Waals surface area contributed by atoms with Gasteiger partial charge < -0.3 is 0 Å². The molecule has 0 aliphatic heterocycles. The van der Waals surface area contributed by atoms with Crippen LogP contribution in [-0.4, -0.2) is 11.0 Å². The third-order valence-corrected chi connectivity index (χ3v) is 0. The van der Waals surface area contributed by atoms with Crippen molar-refractivity contribution in [3.8, 4) is 0 Å². The van der Waals surface area contributed by atoms with Crippen LogP contribution in [0.1, 0.15) is 0 Å². The molecule has 0 heterocycles. The normalized spacial score (nSPS) is 0. The fraction of sp³-hybridized carbons (Fsp3) is 0. The average Bonchev–Trinajstić information content (AvgIpc) is 0. The van der Waals surface area contributed by atoms with Gasteiger partial charge in [-0.05, 0) is 0 Å². The molecule has 0 aliphatic carbocycles. The van der Waals surface area contributed by atoms with E-state index < -0.39 is 0 Å². The van der Waals surface area contributed by atoms with E-state index in [2.05, 4.69) is 0 Å². The molecule has 0 aliphatic rings. The van der Waals surface area contributed by atoms with Gasteiger partial charge in [0.15, 0.2) is 0 Å².